The topological polar surface area (TPSA) is 12.0 Å². The zero-order valence-electron chi connectivity index (χ0n) is 11.4. The molecule has 0 aliphatic heterocycles. The molecule has 18 heavy (non-hydrogen) atoms. The molecule has 0 saturated carbocycles. The Balaban J connectivity index is 1.91. The van der Waals surface area contributed by atoms with Crippen molar-refractivity contribution in [3.8, 4) is 0 Å². The predicted octanol–water partition coefficient (Wildman–Crippen LogP) is 4.09. The third kappa shape index (κ3) is 3.44. The van der Waals surface area contributed by atoms with Gasteiger partial charge in [-0.05, 0) is 55.3 Å². The molecule has 1 heterocycles. The molecule has 0 saturated heterocycles. The van der Waals surface area contributed by atoms with E-state index in [4.69, 9.17) is 0 Å². The standard InChI is InChI=1S/C16H21NS/c1-12-6-4-7-13(2)16(12)11-17-14(3)10-15-8-5-9-18-15/h4-9,14,17H,10-11H2,1-3H3. The van der Waals surface area contributed by atoms with E-state index in [1.807, 2.05) is 11.3 Å². The predicted molar refractivity (Wildman–Crippen MR) is 80.2 cm³/mol. The highest BCUT2D eigenvalue weighted by atomic mass is 32.1. The quantitative estimate of drug-likeness (QED) is 0.853. The van der Waals surface area contributed by atoms with E-state index in [1.54, 1.807) is 0 Å². The maximum Gasteiger partial charge on any atom is 0.0213 e. The average Bonchev–Trinajstić information content (AvgIpc) is 2.81. The van der Waals surface area contributed by atoms with Gasteiger partial charge in [0.1, 0.15) is 0 Å². The lowest BCUT2D eigenvalue weighted by molar-refractivity contribution is 0.546. The summed E-state index contributed by atoms with van der Waals surface area (Å²) in [5.41, 5.74) is 4.20. The van der Waals surface area contributed by atoms with Crippen LogP contribution in [-0.2, 0) is 13.0 Å². The van der Waals surface area contributed by atoms with Crippen molar-refractivity contribution < 1.29 is 0 Å². The molecule has 0 spiro atoms. The molecular formula is C16H21NS. The van der Waals surface area contributed by atoms with Crippen molar-refractivity contribution in [2.45, 2.75) is 39.8 Å². The maximum absolute atomic E-state index is 3.63. The van der Waals surface area contributed by atoms with E-state index in [1.165, 1.54) is 21.6 Å². The molecule has 96 valence electrons. The molecule has 0 bridgehead atoms. The van der Waals surface area contributed by atoms with Gasteiger partial charge in [0.25, 0.3) is 0 Å². The highest BCUT2D eigenvalue weighted by molar-refractivity contribution is 7.09. The first kappa shape index (κ1) is 13.3. The van der Waals surface area contributed by atoms with Crippen molar-refractivity contribution in [3.05, 3.63) is 57.3 Å². The summed E-state index contributed by atoms with van der Waals surface area (Å²) in [4.78, 5) is 1.46. The van der Waals surface area contributed by atoms with Crippen molar-refractivity contribution in [2.75, 3.05) is 0 Å². The maximum atomic E-state index is 3.63. The number of hydrogen-bond acceptors (Lipinski definition) is 2. The number of nitrogens with one attached hydrogen (secondary N) is 1. The van der Waals surface area contributed by atoms with Crippen LogP contribution in [0.1, 0.15) is 28.5 Å². The fourth-order valence-electron chi connectivity index (χ4n) is 2.21. The minimum Gasteiger partial charge on any atom is -0.310 e. The van der Waals surface area contributed by atoms with Crippen molar-refractivity contribution >= 4 is 11.3 Å². The second-order valence-corrected chi connectivity index (χ2v) is 5.97. The molecule has 0 radical (unpaired) electrons. The average molecular weight is 259 g/mol. The first-order valence-electron chi connectivity index (χ1n) is 6.47. The number of thiophene rings is 1. The van der Waals surface area contributed by atoms with Crippen molar-refractivity contribution in [1.82, 2.24) is 5.32 Å². The Morgan fingerprint density at radius 3 is 2.44 bits per heavy atom. The Hall–Kier alpha value is -1.12. The summed E-state index contributed by atoms with van der Waals surface area (Å²) in [5, 5.41) is 5.77. The third-order valence-electron chi connectivity index (χ3n) is 3.36. The van der Waals surface area contributed by atoms with Crippen molar-refractivity contribution in [1.29, 1.82) is 0 Å². The number of aryl methyl sites for hydroxylation is 2. The fraction of sp³-hybridized carbons (Fsp3) is 0.375. The molecule has 0 aliphatic carbocycles. The van der Waals surface area contributed by atoms with Gasteiger partial charge in [-0.25, -0.2) is 0 Å². The zero-order chi connectivity index (χ0) is 13.0. The molecule has 1 aromatic carbocycles. The molecular weight excluding hydrogens is 238 g/mol. The molecule has 0 fully saturated rings. The summed E-state index contributed by atoms with van der Waals surface area (Å²) < 4.78 is 0. The molecule has 1 nitrogen and oxygen atoms in total. The first-order chi connectivity index (χ1) is 8.66. The van der Waals surface area contributed by atoms with E-state index in [0.29, 0.717) is 6.04 Å². The summed E-state index contributed by atoms with van der Waals surface area (Å²) in [7, 11) is 0. The van der Waals surface area contributed by atoms with Gasteiger partial charge >= 0.3 is 0 Å². The van der Waals surface area contributed by atoms with Crippen LogP contribution in [-0.4, -0.2) is 6.04 Å². The second-order valence-electron chi connectivity index (χ2n) is 4.94. The minimum atomic E-state index is 0.516. The Bertz CT molecular complexity index is 468. The van der Waals surface area contributed by atoms with E-state index < -0.39 is 0 Å². The van der Waals surface area contributed by atoms with Gasteiger partial charge in [-0.2, -0.15) is 0 Å². The number of hydrogen-bond donors (Lipinski definition) is 1. The van der Waals surface area contributed by atoms with E-state index >= 15 is 0 Å². The van der Waals surface area contributed by atoms with Gasteiger partial charge in [-0.3, -0.25) is 0 Å². The third-order valence-corrected chi connectivity index (χ3v) is 4.26. The SMILES string of the molecule is Cc1cccc(C)c1CNC(C)Cc1cccs1. The van der Waals surface area contributed by atoms with Crippen LogP contribution in [0, 0.1) is 13.8 Å². The summed E-state index contributed by atoms with van der Waals surface area (Å²) in [6, 6.07) is 11.4. The Kier molecular flexibility index (Phi) is 4.56. The van der Waals surface area contributed by atoms with Crippen LogP contribution < -0.4 is 5.32 Å². The van der Waals surface area contributed by atoms with E-state index in [0.717, 1.165) is 13.0 Å². The Morgan fingerprint density at radius 1 is 1.11 bits per heavy atom. The molecule has 0 aliphatic rings. The number of benzene rings is 1. The van der Waals surface area contributed by atoms with Crippen LogP contribution in [0.3, 0.4) is 0 Å². The smallest absolute Gasteiger partial charge is 0.0213 e. The van der Waals surface area contributed by atoms with Crippen LogP contribution in [0.15, 0.2) is 35.7 Å². The van der Waals surface area contributed by atoms with Gasteiger partial charge in [0.05, 0.1) is 0 Å². The normalized spacial score (nSPS) is 12.6. The molecule has 1 atom stereocenters. The largest absolute Gasteiger partial charge is 0.310 e. The molecule has 1 N–H and O–H groups in total. The van der Waals surface area contributed by atoms with Gasteiger partial charge < -0.3 is 5.32 Å². The zero-order valence-corrected chi connectivity index (χ0v) is 12.2. The van der Waals surface area contributed by atoms with Gasteiger partial charge in [0.2, 0.25) is 0 Å². The van der Waals surface area contributed by atoms with Gasteiger partial charge in [-0.1, -0.05) is 24.3 Å². The number of rotatable bonds is 5. The van der Waals surface area contributed by atoms with Crippen LogP contribution in [0.4, 0.5) is 0 Å². The monoisotopic (exact) mass is 259 g/mol. The highest BCUT2D eigenvalue weighted by Gasteiger charge is 2.06. The first-order valence-corrected chi connectivity index (χ1v) is 7.35. The van der Waals surface area contributed by atoms with Crippen LogP contribution in [0.5, 0.6) is 0 Å². The summed E-state index contributed by atoms with van der Waals surface area (Å²) >= 11 is 1.84. The lowest BCUT2D eigenvalue weighted by Gasteiger charge is -2.15. The lowest BCUT2D eigenvalue weighted by Crippen LogP contribution is -2.27. The van der Waals surface area contributed by atoms with Crippen LogP contribution in [0.25, 0.3) is 0 Å². The molecule has 1 unspecified atom stereocenters. The Labute approximate surface area is 114 Å². The molecule has 1 aromatic heterocycles. The van der Waals surface area contributed by atoms with E-state index in [2.05, 4.69) is 61.8 Å². The fourth-order valence-corrected chi connectivity index (χ4v) is 3.04. The molecule has 2 heteroatoms. The minimum absolute atomic E-state index is 0.516. The summed E-state index contributed by atoms with van der Waals surface area (Å²) in [6.07, 6.45) is 1.11. The lowest BCUT2D eigenvalue weighted by atomic mass is 10.0. The van der Waals surface area contributed by atoms with Crippen molar-refractivity contribution in [3.63, 3.8) is 0 Å². The van der Waals surface area contributed by atoms with Crippen molar-refractivity contribution in [2.24, 2.45) is 0 Å². The van der Waals surface area contributed by atoms with Gasteiger partial charge in [0, 0.05) is 17.5 Å². The Morgan fingerprint density at radius 2 is 1.83 bits per heavy atom. The van der Waals surface area contributed by atoms with Crippen LogP contribution >= 0.6 is 11.3 Å². The summed E-state index contributed by atoms with van der Waals surface area (Å²) in [5.74, 6) is 0. The highest BCUT2D eigenvalue weighted by Crippen LogP contribution is 2.14. The van der Waals surface area contributed by atoms with E-state index in [9.17, 15) is 0 Å². The van der Waals surface area contributed by atoms with Crippen LogP contribution in [0.2, 0.25) is 0 Å². The molecule has 0 amide bonds. The summed E-state index contributed by atoms with van der Waals surface area (Å²) in [6.45, 7) is 7.60. The molecule has 2 rings (SSSR count). The molecule has 2 aromatic rings. The van der Waals surface area contributed by atoms with Gasteiger partial charge in [-0.15, -0.1) is 11.3 Å². The second kappa shape index (κ2) is 6.17. The van der Waals surface area contributed by atoms with E-state index in [-0.39, 0.29) is 0 Å². The van der Waals surface area contributed by atoms with Gasteiger partial charge in [0.15, 0.2) is 0 Å².